The van der Waals surface area contributed by atoms with Crippen molar-refractivity contribution in [3.63, 3.8) is 0 Å². The first-order chi connectivity index (χ1) is 8.80. The fourth-order valence-electron chi connectivity index (χ4n) is 2.49. The molecule has 0 aromatic heterocycles. The van der Waals surface area contributed by atoms with Crippen LogP contribution in [0.15, 0.2) is 0 Å². The first kappa shape index (κ1) is 16.3. The highest BCUT2D eigenvalue weighted by molar-refractivity contribution is 7.99. The van der Waals surface area contributed by atoms with Gasteiger partial charge in [0.1, 0.15) is 0 Å². The van der Waals surface area contributed by atoms with Crippen molar-refractivity contribution in [3.05, 3.63) is 0 Å². The molecule has 108 valence electrons. The first-order valence-corrected chi connectivity index (χ1v) is 8.58. The number of rotatable bonds is 9. The van der Waals surface area contributed by atoms with Gasteiger partial charge in [0.25, 0.3) is 0 Å². The lowest BCUT2D eigenvalue weighted by Gasteiger charge is -2.28. The number of nitrogens with one attached hydrogen (secondary N) is 1. The summed E-state index contributed by atoms with van der Waals surface area (Å²) < 4.78 is 11.1. The van der Waals surface area contributed by atoms with Gasteiger partial charge in [-0.3, -0.25) is 0 Å². The Hall–Kier alpha value is 0.230. The minimum absolute atomic E-state index is 0.0324. The maximum atomic E-state index is 5.54. The van der Waals surface area contributed by atoms with Crippen molar-refractivity contribution < 1.29 is 9.47 Å². The van der Waals surface area contributed by atoms with Crippen LogP contribution in [0.3, 0.4) is 0 Å². The van der Waals surface area contributed by atoms with Crippen molar-refractivity contribution in [2.75, 3.05) is 26.0 Å². The Kier molecular flexibility index (Phi) is 9.11. The predicted molar refractivity (Wildman–Crippen MR) is 79.2 cm³/mol. The molecule has 0 radical (unpaired) electrons. The largest absolute Gasteiger partial charge is 0.353 e. The molecular formula is C14H29NO2S. The third-order valence-corrected chi connectivity index (χ3v) is 4.66. The van der Waals surface area contributed by atoms with E-state index in [0.29, 0.717) is 6.04 Å². The van der Waals surface area contributed by atoms with Gasteiger partial charge in [0.15, 0.2) is 6.29 Å². The Bertz CT molecular complexity index is 190. The Morgan fingerprint density at radius 1 is 1.11 bits per heavy atom. The summed E-state index contributed by atoms with van der Waals surface area (Å²) in [6.45, 7) is 6.48. The Balaban J connectivity index is 2.09. The molecule has 18 heavy (non-hydrogen) atoms. The molecule has 3 nitrogen and oxygen atoms in total. The second kappa shape index (κ2) is 10.1. The van der Waals surface area contributed by atoms with E-state index in [0.717, 1.165) is 31.4 Å². The lowest BCUT2D eigenvalue weighted by Crippen LogP contribution is -2.36. The van der Waals surface area contributed by atoms with Crippen molar-refractivity contribution in [1.82, 2.24) is 5.32 Å². The molecule has 0 unspecified atom stereocenters. The second-order valence-electron chi connectivity index (χ2n) is 4.79. The average molecular weight is 275 g/mol. The normalized spacial score (nSPS) is 24.7. The fraction of sp³-hybridized carbons (Fsp3) is 1.00. The van der Waals surface area contributed by atoms with Crippen LogP contribution in [0.2, 0.25) is 0 Å². The Labute approximate surface area is 116 Å². The van der Waals surface area contributed by atoms with Crippen molar-refractivity contribution in [2.45, 2.75) is 63.5 Å². The summed E-state index contributed by atoms with van der Waals surface area (Å²) in [5.74, 6) is 0. The Morgan fingerprint density at radius 2 is 1.72 bits per heavy atom. The summed E-state index contributed by atoms with van der Waals surface area (Å²) >= 11 is 2.02. The van der Waals surface area contributed by atoms with E-state index in [1.807, 2.05) is 25.6 Å². The van der Waals surface area contributed by atoms with E-state index < -0.39 is 0 Å². The van der Waals surface area contributed by atoms with E-state index in [1.54, 1.807) is 0 Å². The minimum Gasteiger partial charge on any atom is -0.353 e. The van der Waals surface area contributed by atoms with Crippen LogP contribution < -0.4 is 5.32 Å². The summed E-state index contributed by atoms with van der Waals surface area (Å²) in [4.78, 5) is 0. The summed E-state index contributed by atoms with van der Waals surface area (Å²) in [5.41, 5.74) is 0. The molecule has 0 amide bonds. The van der Waals surface area contributed by atoms with Crippen molar-refractivity contribution in [3.8, 4) is 0 Å². The molecule has 1 aliphatic carbocycles. The predicted octanol–water partition coefficient (Wildman–Crippen LogP) is 3.04. The zero-order chi connectivity index (χ0) is 13.2. The quantitative estimate of drug-likeness (QED) is 0.655. The summed E-state index contributed by atoms with van der Waals surface area (Å²) in [6, 6.07) is 0.706. The molecule has 1 N–H and O–H groups in total. The molecule has 0 heterocycles. The number of hydrogen-bond donors (Lipinski definition) is 1. The van der Waals surface area contributed by atoms with Crippen LogP contribution in [-0.4, -0.2) is 43.6 Å². The van der Waals surface area contributed by atoms with Crippen LogP contribution >= 0.6 is 11.8 Å². The van der Waals surface area contributed by atoms with Crippen molar-refractivity contribution >= 4 is 11.8 Å². The van der Waals surface area contributed by atoms with Crippen LogP contribution in [0.4, 0.5) is 0 Å². The van der Waals surface area contributed by atoms with Gasteiger partial charge in [0, 0.05) is 37.5 Å². The molecule has 0 aromatic carbocycles. The van der Waals surface area contributed by atoms with Gasteiger partial charge in [-0.15, -0.1) is 0 Å². The highest BCUT2D eigenvalue weighted by Crippen LogP contribution is 2.26. The van der Waals surface area contributed by atoms with Gasteiger partial charge in [0.05, 0.1) is 0 Å². The molecule has 0 aromatic rings. The van der Waals surface area contributed by atoms with Gasteiger partial charge in [-0.25, -0.2) is 0 Å². The molecule has 0 bridgehead atoms. The third kappa shape index (κ3) is 6.41. The second-order valence-corrected chi connectivity index (χ2v) is 5.93. The highest BCUT2D eigenvalue weighted by atomic mass is 32.2. The molecule has 1 saturated carbocycles. The van der Waals surface area contributed by atoms with E-state index >= 15 is 0 Å². The third-order valence-electron chi connectivity index (χ3n) is 3.53. The van der Waals surface area contributed by atoms with E-state index in [4.69, 9.17) is 9.47 Å². The van der Waals surface area contributed by atoms with Crippen LogP contribution in [-0.2, 0) is 9.47 Å². The molecular weight excluding hydrogens is 246 g/mol. The van der Waals surface area contributed by atoms with E-state index in [2.05, 4.69) is 11.6 Å². The topological polar surface area (TPSA) is 30.5 Å². The molecule has 0 atom stereocenters. The Morgan fingerprint density at radius 3 is 2.22 bits per heavy atom. The fourth-order valence-corrected chi connectivity index (χ4v) is 3.24. The molecule has 0 spiro atoms. The molecule has 4 heteroatoms. The minimum atomic E-state index is -0.0324. The van der Waals surface area contributed by atoms with Gasteiger partial charge >= 0.3 is 0 Å². The van der Waals surface area contributed by atoms with Crippen LogP contribution in [0.5, 0.6) is 0 Å². The number of ether oxygens (including phenoxy) is 2. The van der Waals surface area contributed by atoms with Crippen LogP contribution in [0.25, 0.3) is 0 Å². The van der Waals surface area contributed by atoms with E-state index in [-0.39, 0.29) is 6.29 Å². The van der Waals surface area contributed by atoms with Gasteiger partial charge in [-0.2, -0.15) is 11.8 Å². The van der Waals surface area contributed by atoms with Gasteiger partial charge in [-0.05, 0) is 45.8 Å². The summed E-state index contributed by atoms with van der Waals surface area (Å²) in [7, 11) is 0. The smallest absolute Gasteiger partial charge is 0.158 e. The molecule has 0 aliphatic heterocycles. The lowest BCUT2D eigenvalue weighted by atomic mass is 9.95. The van der Waals surface area contributed by atoms with E-state index in [9.17, 15) is 0 Å². The van der Waals surface area contributed by atoms with Gasteiger partial charge in [0.2, 0.25) is 0 Å². The standard InChI is InChI=1S/C14H29NO2S/c1-4-16-14(17-5-2)10-11-15-12-6-8-13(18-3)9-7-12/h12-15H,4-11H2,1-3H3. The van der Waals surface area contributed by atoms with Crippen molar-refractivity contribution in [2.24, 2.45) is 0 Å². The lowest BCUT2D eigenvalue weighted by molar-refractivity contribution is -0.138. The molecule has 1 fully saturated rings. The number of hydrogen-bond acceptors (Lipinski definition) is 4. The van der Waals surface area contributed by atoms with Crippen LogP contribution in [0, 0.1) is 0 Å². The van der Waals surface area contributed by atoms with Gasteiger partial charge in [-0.1, -0.05) is 0 Å². The van der Waals surface area contributed by atoms with E-state index in [1.165, 1.54) is 25.7 Å². The maximum Gasteiger partial charge on any atom is 0.158 e. The van der Waals surface area contributed by atoms with Gasteiger partial charge < -0.3 is 14.8 Å². The SMILES string of the molecule is CCOC(CCNC1CCC(SC)CC1)OCC. The molecule has 1 rings (SSSR count). The monoisotopic (exact) mass is 275 g/mol. The highest BCUT2D eigenvalue weighted by Gasteiger charge is 2.20. The molecule has 0 saturated heterocycles. The van der Waals surface area contributed by atoms with Crippen molar-refractivity contribution in [1.29, 1.82) is 0 Å². The summed E-state index contributed by atoms with van der Waals surface area (Å²) in [6.07, 6.45) is 8.50. The zero-order valence-corrected chi connectivity index (χ0v) is 12.9. The number of thioether (sulfide) groups is 1. The summed E-state index contributed by atoms with van der Waals surface area (Å²) in [5, 5.41) is 4.54. The molecule has 1 aliphatic rings. The zero-order valence-electron chi connectivity index (χ0n) is 12.1. The first-order valence-electron chi connectivity index (χ1n) is 7.29. The average Bonchev–Trinajstić information content (AvgIpc) is 2.40. The maximum absolute atomic E-state index is 5.54. The van der Waals surface area contributed by atoms with Crippen LogP contribution in [0.1, 0.15) is 46.0 Å².